The normalized spacial score (nSPS) is 20.9. The van der Waals surface area contributed by atoms with Crippen molar-refractivity contribution in [3.63, 3.8) is 0 Å². The van der Waals surface area contributed by atoms with Gasteiger partial charge in [0.15, 0.2) is 11.6 Å². The van der Waals surface area contributed by atoms with Crippen molar-refractivity contribution < 1.29 is 14.3 Å². The smallest absolute Gasteiger partial charge is 0.162 e. The van der Waals surface area contributed by atoms with Crippen molar-refractivity contribution in [1.82, 2.24) is 5.32 Å². The monoisotopic (exact) mass is 645 g/mol. The number of rotatable bonds is 4. The first-order chi connectivity index (χ1) is 17.3. The van der Waals surface area contributed by atoms with E-state index >= 15 is 0 Å². The second-order valence-electron chi connectivity index (χ2n) is 11.9. The molecule has 0 saturated carbocycles. The minimum Gasteiger partial charge on any atom is -0.486 e. The third-order valence-corrected chi connectivity index (χ3v) is 8.95. The summed E-state index contributed by atoms with van der Waals surface area (Å²) < 4.78 is 7.64. The molecule has 2 aromatic carbocycles. The molecule has 3 aliphatic rings. The van der Waals surface area contributed by atoms with E-state index in [1.807, 2.05) is 36.4 Å². The first kappa shape index (κ1) is 26.7. The summed E-state index contributed by atoms with van der Waals surface area (Å²) in [6.45, 7) is 8.83. The minimum atomic E-state index is -0.399. The van der Waals surface area contributed by atoms with E-state index in [1.165, 1.54) is 0 Å². The van der Waals surface area contributed by atoms with Crippen LogP contribution in [0.15, 0.2) is 67.9 Å². The molecule has 0 amide bonds. The van der Waals surface area contributed by atoms with Gasteiger partial charge in [-0.15, -0.1) is 0 Å². The first-order valence-electron chi connectivity index (χ1n) is 12.5. The number of allylic oxidation sites excluding steroid dienone is 4. The van der Waals surface area contributed by atoms with Gasteiger partial charge in [0.05, 0.1) is 8.95 Å². The number of dihydropyridines is 1. The topological polar surface area (TPSA) is 55.4 Å². The summed E-state index contributed by atoms with van der Waals surface area (Å²) >= 11 is 13.7. The Bertz CT molecular complexity index is 1310. The van der Waals surface area contributed by atoms with Gasteiger partial charge in [0, 0.05) is 51.9 Å². The summed E-state index contributed by atoms with van der Waals surface area (Å²) in [7, 11) is 0. The van der Waals surface area contributed by atoms with Crippen LogP contribution in [0.3, 0.4) is 0 Å². The number of ether oxygens (including phenoxy) is 1. The van der Waals surface area contributed by atoms with Gasteiger partial charge in [0.2, 0.25) is 0 Å². The van der Waals surface area contributed by atoms with Crippen LogP contribution < -0.4 is 10.1 Å². The van der Waals surface area contributed by atoms with Crippen LogP contribution in [-0.4, -0.2) is 11.6 Å². The van der Waals surface area contributed by atoms with Gasteiger partial charge in [-0.05, 0) is 79.3 Å². The summed E-state index contributed by atoms with van der Waals surface area (Å²) in [5.41, 5.74) is 4.91. The number of halogens is 3. The van der Waals surface area contributed by atoms with Crippen LogP contribution in [0.25, 0.3) is 0 Å². The Balaban J connectivity index is 1.58. The standard InChI is InChI=1S/C30H30Br2ClNO3/c1-29(2)11-21-26(23(35)13-29)25(27-22(34-21)12-30(3,4)14-24(27)36)17-9-18(31)28(19(32)10-17)37-15-16-7-5-6-8-20(16)33/h5-10,25,34H,11-15H2,1-4H3. The van der Waals surface area contributed by atoms with E-state index in [1.54, 1.807) is 0 Å². The van der Waals surface area contributed by atoms with Crippen molar-refractivity contribution >= 4 is 55.0 Å². The van der Waals surface area contributed by atoms with E-state index in [0.29, 0.717) is 30.2 Å². The van der Waals surface area contributed by atoms with Crippen LogP contribution in [0.1, 0.15) is 70.4 Å². The maximum atomic E-state index is 13.6. The van der Waals surface area contributed by atoms with E-state index < -0.39 is 5.92 Å². The lowest BCUT2D eigenvalue weighted by molar-refractivity contribution is -0.119. The molecule has 194 valence electrons. The SMILES string of the molecule is CC1(C)CC(=O)C2=C(C1)NC1=C(C(=O)CC(C)(C)C1)C2c1cc(Br)c(OCc2ccccc2Cl)c(Br)c1. The lowest BCUT2D eigenvalue weighted by atomic mass is 9.64. The Kier molecular flexibility index (Phi) is 7.00. The Hall–Kier alpha value is -1.89. The highest BCUT2D eigenvalue weighted by molar-refractivity contribution is 9.11. The Morgan fingerprint density at radius 1 is 0.892 bits per heavy atom. The molecule has 0 aromatic heterocycles. The fourth-order valence-corrected chi connectivity index (χ4v) is 7.51. The molecule has 0 unspecified atom stereocenters. The zero-order valence-corrected chi connectivity index (χ0v) is 25.4. The number of hydrogen-bond donors (Lipinski definition) is 1. The molecule has 7 heteroatoms. The molecular formula is C30H30Br2ClNO3. The van der Waals surface area contributed by atoms with E-state index in [2.05, 4.69) is 64.9 Å². The molecule has 0 bridgehead atoms. The molecule has 4 nitrogen and oxygen atoms in total. The van der Waals surface area contributed by atoms with Gasteiger partial charge in [0.1, 0.15) is 12.4 Å². The fraction of sp³-hybridized carbons (Fsp3) is 0.400. The van der Waals surface area contributed by atoms with E-state index in [4.69, 9.17) is 16.3 Å². The average Bonchev–Trinajstić information content (AvgIpc) is 2.76. The second-order valence-corrected chi connectivity index (χ2v) is 14.0. The number of carbonyl (C=O) groups excluding carboxylic acids is 2. The molecule has 0 saturated heterocycles. The molecule has 1 aliphatic heterocycles. The summed E-state index contributed by atoms with van der Waals surface area (Å²) in [6.07, 6.45) is 2.48. The van der Waals surface area contributed by atoms with Crippen molar-refractivity contribution in [3.05, 3.63) is 84.0 Å². The maximum Gasteiger partial charge on any atom is 0.162 e. The van der Waals surface area contributed by atoms with Crippen LogP contribution in [0.4, 0.5) is 0 Å². The largest absolute Gasteiger partial charge is 0.486 e. The molecule has 0 atom stereocenters. The molecule has 1 N–H and O–H groups in total. The van der Waals surface area contributed by atoms with E-state index in [-0.39, 0.29) is 22.4 Å². The van der Waals surface area contributed by atoms with Crippen LogP contribution in [0.2, 0.25) is 5.02 Å². The maximum absolute atomic E-state index is 13.6. The first-order valence-corrected chi connectivity index (χ1v) is 14.5. The van der Waals surface area contributed by atoms with Crippen molar-refractivity contribution in [2.75, 3.05) is 0 Å². The highest BCUT2D eigenvalue weighted by Crippen LogP contribution is 2.52. The predicted molar refractivity (Wildman–Crippen MR) is 154 cm³/mol. The van der Waals surface area contributed by atoms with Crippen molar-refractivity contribution in [1.29, 1.82) is 0 Å². The quantitative estimate of drug-likeness (QED) is 0.362. The van der Waals surface area contributed by atoms with Gasteiger partial charge >= 0.3 is 0 Å². The molecule has 37 heavy (non-hydrogen) atoms. The minimum absolute atomic E-state index is 0.110. The van der Waals surface area contributed by atoms with Crippen LogP contribution in [0.5, 0.6) is 5.75 Å². The molecule has 0 fully saturated rings. The molecule has 0 radical (unpaired) electrons. The molecule has 0 spiro atoms. The number of carbonyl (C=O) groups is 2. The number of ketones is 2. The highest BCUT2D eigenvalue weighted by Gasteiger charge is 2.46. The fourth-order valence-electron chi connectivity index (χ4n) is 5.87. The molecule has 2 aromatic rings. The van der Waals surface area contributed by atoms with Gasteiger partial charge in [-0.25, -0.2) is 0 Å². The highest BCUT2D eigenvalue weighted by atomic mass is 79.9. The number of Topliss-reactive ketones (excluding diaryl/α,β-unsaturated/α-hetero) is 2. The second kappa shape index (κ2) is 9.69. The lowest BCUT2D eigenvalue weighted by Crippen LogP contribution is -2.42. The zero-order valence-electron chi connectivity index (χ0n) is 21.4. The van der Waals surface area contributed by atoms with Gasteiger partial charge < -0.3 is 10.1 Å². The summed E-state index contributed by atoms with van der Waals surface area (Å²) in [5.74, 6) is 0.468. The van der Waals surface area contributed by atoms with Gasteiger partial charge in [-0.1, -0.05) is 57.5 Å². The van der Waals surface area contributed by atoms with Crippen LogP contribution >= 0.6 is 43.5 Å². The average molecular weight is 648 g/mol. The third kappa shape index (κ3) is 5.22. The van der Waals surface area contributed by atoms with E-state index in [9.17, 15) is 9.59 Å². The zero-order chi connectivity index (χ0) is 26.7. The number of benzene rings is 2. The van der Waals surface area contributed by atoms with Gasteiger partial charge in [-0.2, -0.15) is 0 Å². The van der Waals surface area contributed by atoms with Crippen molar-refractivity contribution in [2.45, 2.75) is 65.9 Å². The van der Waals surface area contributed by atoms with Crippen LogP contribution in [-0.2, 0) is 16.2 Å². The molecule has 2 aliphatic carbocycles. The summed E-state index contributed by atoms with van der Waals surface area (Å²) in [4.78, 5) is 27.1. The molecule has 1 heterocycles. The lowest BCUT2D eigenvalue weighted by Gasteiger charge is -2.44. The Labute approximate surface area is 240 Å². The Morgan fingerprint density at radius 2 is 1.41 bits per heavy atom. The van der Waals surface area contributed by atoms with Crippen molar-refractivity contribution in [2.24, 2.45) is 10.8 Å². The van der Waals surface area contributed by atoms with Gasteiger partial charge in [0.25, 0.3) is 0 Å². The third-order valence-electron chi connectivity index (χ3n) is 7.40. The molecular weight excluding hydrogens is 618 g/mol. The van der Waals surface area contributed by atoms with Crippen molar-refractivity contribution in [3.8, 4) is 5.75 Å². The Morgan fingerprint density at radius 3 is 1.92 bits per heavy atom. The predicted octanol–water partition coefficient (Wildman–Crippen LogP) is 8.42. The van der Waals surface area contributed by atoms with E-state index in [0.717, 1.165) is 55.5 Å². The number of nitrogens with one attached hydrogen (secondary N) is 1. The summed E-state index contributed by atoms with van der Waals surface area (Å²) in [6, 6.07) is 11.6. The van der Waals surface area contributed by atoms with Crippen LogP contribution in [0, 0.1) is 10.8 Å². The molecule has 5 rings (SSSR count). The summed E-state index contributed by atoms with van der Waals surface area (Å²) in [5, 5.41) is 4.22. The van der Waals surface area contributed by atoms with Gasteiger partial charge in [-0.3, -0.25) is 9.59 Å². The number of hydrogen-bond acceptors (Lipinski definition) is 4.